The maximum atomic E-state index is 13.6. The summed E-state index contributed by atoms with van der Waals surface area (Å²) in [6, 6.07) is 26.2. The summed E-state index contributed by atoms with van der Waals surface area (Å²) in [4.78, 5) is 36.2. The monoisotopic (exact) mass is 562 g/mol. The number of carboxylic acids is 2. The van der Waals surface area contributed by atoms with E-state index >= 15 is 0 Å². The molecule has 3 N–H and O–H groups in total. The van der Waals surface area contributed by atoms with Crippen LogP contribution in [0, 0.1) is 5.92 Å². The summed E-state index contributed by atoms with van der Waals surface area (Å²) in [5.74, 6) is -2.61. The molecule has 0 aromatic heterocycles. The van der Waals surface area contributed by atoms with Crippen LogP contribution in [0.15, 0.2) is 78.9 Å². The van der Waals surface area contributed by atoms with Crippen molar-refractivity contribution in [2.75, 3.05) is 26.2 Å². The Morgan fingerprint density at radius 1 is 0.854 bits per heavy atom. The van der Waals surface area contributed by atoms with Crippen LogP contribution in [0.1, 0.15) is 36.5 Å². The number of piperidine rings is 1. The fourth-order valence-electron chi connectivity index (χ4n) is 4.76. The molecule has 9 heteroatoms. The van der Waals surface area contributed by atoms with Gasteiger partial charge in [-0.25, -0.2) is 9.59 Å². The van der Waals surface area contributed by atoms with Gasteiger partial charge >= 0.3 is 11.9 Å². The van der Waals surface area contributed by atoms with E-state index in [1.54, 1.807) is 6.07 Å². The summed E-state index contributed by atoms with van der Waals surface area (Å²) in [6.45, 7) is 6.39. The van der Waals surface area contributed by atoms with Crippen LogP contribution in [0.4, 0.5) is 0 Å². The van der Waals surface area contributed by atoms with Crippen molar-refractivity contribution in [1.82, 2.24) is 9.80 Å². The molecule has 0 bridgehead atoms. The SMILES string of the molecule is CCOc1cc(CN2CCC(C(=O)N(CCc3ccccc3)Cc3ccccc3)CC2)ccc1O.O=C(O)C(=O)O. The van der Waals surface area contributed by atoms with Crippen LogP contribution < -0.4 is 4.74 Å². The number of likely N-dealkylation sites (tertiary alicyclic amines) is 1. The number of rotatable bonds is 10. The van der Waals surface area contributed by atoms with Gasteiger partial charge in [0.15, 0.2) is 11.5 Å². The number of aliphatic carboxylic acids is 2. The molecule has 1 heterocycles. The van der Waals surface area contributed by atoms with E-state index in [0.717, 1.165) is 51.0 Å². The molecule has 0 unspecified atom stereocenters. The number of aromatic hydroxyl groups is 1. The van der Waals surface area contributed by atoms with E-state index in [4.69, 9.17) is 24.5 Å². The normalized spacial score (nSPS) is 13.5. The first-order valence-electron chi connectivity index (χ1n) is 13.8. The topological polar surface area (TPSA) is 128 Å². The Balaban J connectivity index is 0.000000696. The predicted octanol–water partition coefficient (Wildman–Crippen LogP) is 4.43. The number of nitrogens with zero attached hydrogens (tertiary/aromatic N) is 2. The second-order valence-corrected chi connectivity index (χ2v) is 9.88. The van der Waals surface area contributed by atoms with Crippen molar-refractivity contribution in [3.05, 3.63) is 95.6 Å². The predicted molar refractivity (Wildman–Crippen MR) is 155 cm³/mol. The molecule has 0 spiro atoms. The Kier molecular flexibility index (Phi) is 12.2. The molecule has 3 aromatic carbocycles. The van der Waals surface area contributed by atoms with Gasteiger partial charge < -0.3 is 25.0 Å². The number of phenols is 1. The molecular weight excluding hydrogens is 524 g/mol. The lowest BCUT2D eigenvalue weighted by molar-refractivity contribution is -0.159. The minimum Gasteiger partial charge on any atom is -0.504 e. The summed E-state index contributed by atoms with van der Waals surface area (Å²) >= 11 is 0. The number of carboxylic acid groups (broad SMARTS) is 2. The van der Waals surface area contributed by atoms with Gasteiger partial charge in [-0.1, -0.05) is 66.7 Å². The molecule has 4 rings (SSSR count). The van der Waals surface area contributed by atoms with Crippen LogP contribution in [0.3, 0.4) is 0 Å². The number of carbonyl (C=O) groups excluding carboxylic acids is 1. The fraction of sp³-hybridized carbons (Fsp3) is 0.344. The molecule has 0 radical (unpaired) electrons. The quantitative estimate of drug-likeness (QED) is 0.310. The lowest BCUT2D eigenvalue weighted by Gasteiger charge is -2.34. The van der Waals surface area contributed by atoms with E-state index in [0.29, 0.717) is 18.9 Å². The van der Waals surface area contributed by atoms with Gasteiger partial charge in [0, 0.05) is 25.6 Å². The van der Waals surface area contributed by atoms with Crippen molar-refractivity contribution < 1.29 is 34.4 Å². The Morgan fingerprint density at radius 2 is 1.44 bits per heavy atom. The van der Waals surface area contributed by atoms with E-state index in [9.17, 15) is 9.90 Å². The molecule has 1 saturated heterocycles. The third kappa shape index (κ3) is 10.3. The first-order valence-corrected chi connectivity index (χ1v) is 13.8. The van der Waals surface area contributed by atoms with Crippen LogP contribution >= 0.6 is 0 Å². The van der Waals surface area contributed by atoms with Crippen molar-refractivity contribution in [2.45, 2.75) is 39.3 Å². The standard InChI is InChI=1S/C30H36N2O3.C2H2O4/c1-2-35-29-21-26(13-14-28(29)33)22-31-18-16-27(17-19-31)30(34)32(23-25-11-7-4-8-12-25)20-15-24-9-5-3-6-10-24;3-1(4)2(5)6/h3-14,21,27,33H,2,15-20,22-23H2,1H3;(H,3,4)(H,5,6). The summed E-state index contributed by atoms with van der Waals surface area (Å²) in [7, 11) is 0. The van der Waals surface area contributed by atoms with Crippen LogP contribution in [0.25, 0.3) is 0 Å². The highest BCUT2D eigenvalue weighted by Crippen LogP contribution is 2.28. The lowest BCUT2D eigenvalue weighted by atomic mass is 9.94. The van der Waals surface area contributed by atoms with Crippen molar-refractivity contribution in [3.8, 4) is 11.5 Å². The minimum atomic E-state index is -1.82. The number of phenolic OH excluding ortho intramolecular Hbond substituents is 1. The number of hydrogen-bond acceptors (Lipinski definition) is 6. The molecule has 218 valence electrons. The van der Waals surface area contributed by atoms with Gasteiger partial charge in [-0.05, 0) is 68.1 Å². The average molecular weight is 563 g/mol. The summed E-state index contributed by atoms with van der Waals surface area (Å²) in [5.41, 5.74) is 3.54. The highest BCUT2D eigenvalue weighted by atomic mass is 16.5. The highest BCUT2D eigenvalue weighted by Gasteiger charge is 2.28. The lowest BCUT2D eigenvalue weighted by Crippen LogP contribution is -2.42. The van der Waals surface area contributed by atoms with E-state index in [1.807, 2.05) is 43.3 Å². The number of carbonyl (C=O) groups is 3. The smallest absolute Gasteiger partial charge is 0.414 e. The molecule has 1 fully saturated rings. The van der Waals surface area contributed by atoms with Gasteiger partial charge in [0.05, 0.1) is 6.61 Å². The Bertz CT molecular complexity index is 1250. The second-order valence-electron chi connectivity index (χ2n) is 9.88. The number of hydrogen-bond donors (Lipinski definition) is 3. The van der Waals surface area contributed by atoms with E-state index in [-0.39, 0.29) is 17.6 Å². The molecule has 0 aliphatic carbocycles. The molecule has 1 aliphatic rings. The summed E-state index contributed by atoms with van der Waals surface area (Å²) < 4.78 is 5.53. The molecule has 1 aliphatic heterocycles. The van der Waals surface area contributed by atoms with Gasteiger partial charge in [0.25, 0.3) is 0 Å². The Hall–Kier alpha value is -4.37. The third-order valence-corrected chi connectivity index (χ3v) is 6.89. The molecule has 41 heavy (non-hydrogen) atoms. The van der Waals surface area contributed by atoms with Crippen molar-refractivity contribution in [3.63, 3.8) is 0 Å². The molecule has 0 saturated carbocycles. The third-order valence-electron chi connectivity index (χ3n) is 6.89. The van der Waals surface area contributed by atoms with Gasteiger partial charge in [-0.2, -0.15) is 0 Å². The zero-order chi connectivity index (χ0) is 29.6. The zero-order valence-electron chi connectivity index (χ0n) is 23.3. The molecule has 9 nitrogen and oxygen atoms in total. The van der Waals surface area contributed by atoms with Crippen molar-refractivity contribution in [2.24, 2.45) is 5.92 Å². The highest BCUT2D eigenvalue weighted by molar-refractivity contribution is 6.27. The van der Waals surface area contributed by atoms with Gasteiger partial charge in [-0.15, -0.1) is 0 Å². The summed E-state index contributed by atoms with van der Waals surface area (Å²) in [6.07, 6.45) is 2.60. The fourth-order valence-corrected chi connectivity index (χ4v) is 4.76. The van der Waals surface area contributed by atoms with Crippen LogP contribution in [0.2, 0.25) is 0 Å². The van der Waals surface area contributed by atoms with E-state index in [2.05, 4.69) is 46.2 Å². The van der Waals surface area contributed by atoms with Crippen LogP contribution in [0.5, 0.6) is 11.5 Å². The maximum absolute atomic E-state index is 13.6. The molecular formula is C32H38N2O7. The first-order chi connectivity index (χ1) is 19.8. The van der Waals surface area contributed by atoms with Crippen molar-refractivity contribution >= 4 is 17.8 Å². The largest absolute Gasteiger partial charge is 0.504 e. The van der Waals surface area contributed by atoms with Gasteiger partial charge in [0.1, 0.15) is 0 Å². The Labute approximate surface area is 240 Å². The number of amides is 1. The van der Waals surface area contributed by atoms with E-state index < -0.39 is 11.9 Å². The van der Waals surface area contributed by atoms with Gasteiger partial charge in [0.2, 0.25) is 5.91 Å². The molecule has 3 aromatic rings. The van der Waals surface area contributed by atoms with Gasteiger partial charge in [-0.3, -0.25) is 9.69 Å². The number of benzene rings is 3. The maximum Gasteiger partial charge on any atom is 0.414 e. The summed E-state index contributed by atoms with van der Waals surface area (Å²) in [5, 5.41) is 24.7. The second kappa shape index (κ2) is 16.0. The Morgan fingerprint density at radius 3 is 2.00 bits per heavy atom. The van der Waals surface area contributed by atoms with Crippen LogP contribution in [-0.2, 0) is 33.9 Å². The first kappa shape index (κ1) is 31.2. The van der Waals surface area contributed by atoms with Crippen molar-refractivity contribution in [1.29, 1.82) is 0 Å². The number of ether oxygens (including phenoxy) is 1. The molecule has 0 atom stereocenters. The average Bonchev–Trinajstić information content (AvgIpc) is 2.98. The zero-order valence-corrected chi connectivity index (χ0v) is 23.3. The van der Waals surface area contributed by atoms with Crippen LogP contribution in [-0.4, -0.2) is 69.2 Å². The molecule has 1 amide bonds. The van der Waals surface area contributed by atoms with E-state index in [1.165, 1.54) is 11.1 Å². The minimum absolute atomic E-state index is 0.0598.